The largest absolute Gasteiger partial charge is 0.361 e. The third-order valence-corrected chi connectivity index (χ3v) is 3.78. The fourth-order valence-electron chi connectivity index (χ4n) is 2.37. The van der Waals surface area contributed by atoms with Gasteiger partial charge in [-0.25, -0.2) is 0 Å². The summed E-state index contributed by atoms with van der Waals surface area (Å²) in [5.74, 6) is 1.69. The standard InChI is InChI=1S/C17H24N4O.HI/c1-12-7-5-6-8-15(12)11-20-17(18-4)19-10-9-16-13(2)21-22-14(16)3;/h5-8H,9-11H2,1-4H3,(H2,18,19,20);1H. The fraction of sp³-hybridized carbons (Fsp3) is 0.412. The molecule has 2 N–H and O–H groups in total. The van der Waals surface area contributed by atoms with Crippen LogP contribution in [0.15, 0.2) is 33.8 Å². The Morgan fingerprint density at radius 3 is 2.52 bits per heavy atom. The molecule has 6 heteroatoms. The molecule has 2 rings (SSSR count). The molecule has 0 amide bonds. The maximum absolute atomic E-state index is 5.17. The molecule has 0 aliphatic carbocycles. The van der Waals surface area contributed by atoms with Gasteiger partial charge in [0.15, 0.2) is 5.96 Å². The van der Waals surface area contributed by atoms with Crippen LogP contribution in [0.3, 0.4) is 0 Å². The number of hydrogen-bond acceptors (Lipinski definition) is 3. The van der Waals surface area contributed by atoms with Gasteiger partial charge >= 0.3 is 0 Å². The van der Waals surface area contributed by atoms with E-state index in [-0.39, 0.29) is 24.0 Å². The molecule has 0 bridgehead atoms. The molecule has 0 aliphatic heterocycles. The maximum atomic E-state index is 5.17. The second-order valence-electron chi connectivity index (χ2n) is 5.33. The third kappa shape index (κ3) is 5.53. The zero-order valence-electron chi connectivity index (χ0n) is 14.1. The van der Waals surface area contributed by atoms with Crippen LogP contribution in [0.2, 0.25) is 0 Å². The summed E-state index contributed by atoms with van der Waals surface area (Å²) >= 11 is 0. The van der Waals surface area contributed by atoms with Gasteiger partial charge in [-0.15, -0.1) is 24.0 Å². The number of nitrogens with one attached hydrogen (secondary N) is 2. The number of rotatable bonds is 5. The molecule has 1 heterocycles. The van der Waals surface area contributed by atoms with E-state index in [9.17, 15) is 0 Å². The number of aryl methyl sites for hydroxylation is 3. The summed E-state index contributed by atoms with van der Waals surface area (Å²) in [6.45, 7) is 7.58. The lowest BCUT2D eigenvalue weighted by Crippen LogP contribution is -2.38. The molecular formula is C17H25IN4O. The van der Waals surface area contributed by atoms with Gasteiger partial charge in [0.1, 0.15) is 5.76 Å². The highest BCUT2D eigenvalue weighted by Gasteiger charge is 2.08. The van der Waals surface area contributed by atoms with Gasteiger partial charge in [0, 0.05) is 25.7 Å². The van der Waals surface area contributed by atoms with E-state index >= 15 is 0 Å². The van der Waals surface area contributed by atoms with Crippen molar-refractivity contribution < 1.29 is 4.52 Å². The van der Waals surface area contributed by atoms with Crippen molar-refractivity contribution in [1.29, 1.82) is 0 Å². The molecule has 0 unspecified atom stereocenters. The average Bonchev–Trinajstić information content (AvgIpc) is 2.83. The Bertz CT molecular complexity index is 632. The Morgan fingerprint density at radius 1 is 1.17 bits per heavy atom. The van der Waals surface area contributed by atoms with Crippen LogP contribution in [0, 0.1) is 20.8 Å². The molecule has 0 saturated heterocycles. The van der Waals surface area contributed by atoms with Crippen LogP contribution >= 0.6 is 24.0 Å². The van der Waals surface area contributed by atoms with Crippen molar-refractivity contribution in [3.63, 3.8) is 0 Å². The summed E-state index contributed by atoms with van der Waals surface area (Å²) in [5, 5.41) is 10.6. The highest BCUT2D eigenvalue weighted by atomic mass is 127. The molecule has 0 fully saturated rings. The first-order valence-electron chi connectivity index (χ1n) is 7.52. The van der Waals surface area contributed by atoms with Crippen LogP contribution in [0.1, 0.15) is 28.1 Å². The Hall–Kier alpha value is -1.57. The van der Waals surface area contributed by atoms with Crippen molar-refractivity contribution in [2.24, 2.45) is 4.99 Å². The van der Waals surface area contributed by atoms with Gasteiger partial charge < -0.3 is 15.2 Å². The first kappa shape index (κ1) is 19.5. The van der Waals surface area contributed by atoms with Crippen molar-refractivity contribution in [2.75, 3.05) is 13.6 Å². The molecule has 1 aromatic heterocycles. The molecule has 0 atom stereocenters. The Kier molecular flexibility index (Phi) is 8.08. The number of aliphatic imine (C=N–C) groups is 1. The minimum absolute atomic E-state index is 0. The van der Waals surface area contributed by atoms with Crippen LogP contribution in [-0.4, -0.2) is 24.7 Å². The van der Waals surface area contributed by atoms with E-state index in [1.807, 2.05) is 13.8 Å². The lowest BCUT2D eigenvalue weighted by atomic mass is 10.1. The predicted molar refractivity (Wildman–Crippen MR) is 104 cm³/mol. The zero-order chi connectivity index (χ0) is 15.9. The second kappa shape index (κ2) is 9.54. The summed E-state index contributed by atoms with van der Waals surface area (Å²) in [5.41, 5.74) is 4.68. The van der Waals surface area contributed by atoms with Crippen molar-refractivity contribution in [1.82, 2.24) is 15.8 Å². The topological polar surface area (TPSA) is 62.5 Å². The van der Waals surface area contributed by atoms with Crippen molar-refractivity contribution >= 4 is 29.9 Å². The van der Waals surface area contributed by atoms with E-state index in [4.69, 9.17) is 4.52 Å². The molecule has 0 radical (unpaired) electrons. The van der Waals surface area contributed by atoms with E-state index in [1.165, 1.54) is 16.7 Å². The van der Waals surface area contributed by atoms with E-state index < -0.39 is 0 Å². The van der Waals surface area contributed by atoms with Gasteiger partial charge in [-0.3, -0.25) is 4.99 Å². The van der Waals surface area contributed by atoms with E-state index in [2.05, 4.69) is 52.0 Å². The number of aromatic nitrogens is 1. The van der Waals surface area contributed by atoms with Gasteiger partial charge in [-0.2, -0.15) is 0 Å². The minimum Gasteiger partial charge on any atom is -0.361 e. The molecule has 2 aromatic rings. The fourth-order valence-corrected chi connectivity index (χ4v) is 2.37. The summed E-state index contributed by atoms with van der Waals surface area (Å²) in [6, 6.07) is 8.34. The highest BCUT2D eigenvalue weighted by Crippen LogP contribution is 2.12. The number of halogens is 1. The quantitative estimate of drug-likeness (QED) is 0.437. The van der Waals surface area contributed by atoms with E-state index in [0.29, 0.717) is 0 Å². The molecular weight excluding hydrogens is 403 g/mol. The SMILES string of the molecule is CN=C(NCCc1c(C)noc1C)NCc1ccccc1C.I. The lowest BCUT2D eigenvalue weighted by molar-refractivity contribution is 0.392. The Balaban J connectivity index is 0.00000264. The molecule has 5 nitrogen and oxygen atoms in total. The number of hydrogen-bond donors (Lipinski definition) is 2. The maximum Gasteiger partial charge on any atom is 0.191 e. The van der Waals surface area contributed by atoms with Gasteiger partial charge in [0.25, 0.3) is 0 Å². The molecule has 0 aliphatic rings. The zero-order valence-corrected chi connectivity index (χ0v) is 16.5. The average molecular weight is 428 g/mol. The Morgan fingerprint density at radius 2 is 1.91 bits per heavy atom. The highest BCUT2D eigenvalue weighted by molar-refractivity contribution is 14.0. The smallest absolute Gasteiger partial charge is 0.191 e. The summed E-state index contributed by atoms with van der Waals surface area (Å²) in [6.07, 6.45) is 0.867. The van der Waals surface area contributed by atoms with Gasteiger partial charge in [0.2, 0.25) is 0 Å². The normalized spacial score (nSPS) is 11.0. The number of benzene rings is 1. The van der Waals surface area contributed by atoms with Gasteiger partial charge in [-0.1, -0.05) is 29.4 Å². The first-order valence-corrected chi connectivity index (χ1v) is 7.52. The number of nitrogens with zero attached hydrogens (tertiary/aromatic N) is 2. The van der Waals surface area contributed by atoms with Gasteiger partial charge in [-0.05, 0) is 38.3 Å². The molecule has 23 heavy (non-hydrogen) atoms. The molecule has 1 aromatic carbocycles. The van der Waals surface area contributed by atoms with Crippen LogP contribution in [0.4, 0.5) is 0 Å². The minimum atomic E-state index is 0. The lowest BCUT2D eigenvalue weighted by Gasteiger charge is -2.13. The molecule has 0 saturated carbocycles. The third-order valence-electron chi connectivity index (χ3n) is 3.78. The van der Waals surface area contributed by atoms with Crippen LogP contribution in [0.5, 0.6) is 0 Å². The summed E-state index contributed by atoms with van der Waals surface area (Å²) in [4.78, 5) is 4.25. The molecule has 126 valence electrons. The summed E-state index contributed by atoms with van der Waals surface area (Å²) in [7, 11) is 1.78. The summed E-state index contributed by atoms with van der Waals surface area (Å²) < 4.78 is 5.17. The van der Waals surface area contributed by atoms with Crippen LogP contribution in [0.25, 0.3) is 0 Å². The van der Waals surface area contributed by atoms with Crippen molar-refractivity contribution in [3.8, 4) is 0 Å². The van der Waals surface area contributed by atoms with Crippen LogP contribution < -0.4 is 10.6 Å². The first-order chi connectivity index (χ1) is 10.6. The number of guanidine groups is 1. The van der Waals surface area contributed by atoms with Crippen LogP contribution in [-0.2, 0) is 13.0 Å². The van der Waals surface area contributed by atoms with E-state index in [1.54, 1.807) is 7.05 Å². The predicted octanol–water partition coefficient (Wildman–Crippen LogP) is 3.13. The van der Waals surface area contributed by atoms with Gasteiger partial charge in [0.05, 0.1) is 5.69 Å². The Labute approximate surface area is 155 Å². The second-order valence-corrected chi connectivity index (χ2v) is 5.33. The monoisotopic (exact) mass is 428 g/mol. The van der Waals surface area contributed by atoms with Crippen molar-refractivity contribution in [3.05, 3.63) is 52.4 Å². The van der Waals surface area contributed by atoms with E-state index in [0.717, 1.165) is 36.9 Å². The molecule has 0 spiro atoms. The van der Waals surface area contributed by atoms with Crippen molar-refractivity contribution in [2.45, 2.75) is 33.7 Å².